The number of carbonyl (C=O) groups excluding carboxylic acids is 2. The highest BCUT2D eigenvalue weighted by Gasteiger charge is 2.21. The number of furan rings is 1. The summed E-state index contributed by atoms with van der Waals surface area (Å²) in [5.41, 5.74) is 0.759. The monoisotopic (exact) mass is 381 g/mol. The Balaban J connectivity index is 2.18. The van der Waals surface area contributed by atoms with E-state index in [9.17, 15) is 9.59 Å². The van der Waals surface area contributed by atoms with E-state index >= 15 is 0 Å². The molecule has 23 heavy (non-hydrogen) atoms. The molecule has 6 nitrogen and oxygen atoms in total. The second kappa shape index (κ2) is 7.82. The lowest BCUT2D eigenvalue weighted by Gasteiger charge is -2.18. The molecule has 2 rings (SSSR count). The van der Waals surface area contributed by atoms with Crippen LogP contribution in [0.1, 0.15) is 28.6 Å². The molecule has 1 heterocycles. The maximum atomic E-state index is 12.2. The van der Waals surface area contributed by atoms with Crippen LogP contribution in [0.3, 0.4) is 0 Å². The second-order valence-electron chi connectivity index (χ2n) is 4.68. The average molecular weight is 382 g/mol. The fraction of sp³-hybridized carbons (Fsp3) is 0.250. The Hall–Kier alpha value is -2.28. The van der Waals surface area contributed by atoms with Gasteiger partial charge in [-0.3, -0.25) is 9.59 Å². The van der Waals surface area contributed by atoms with Crippen LogP contribution in [0, 0.1) is 0 Å². The molecule has 0 aliphatic carbocycles. The maximum absolute atomic E-state index is 12.2. The molecule has 0 radical (unpaired) electrons. The number of ether oxygens (including phenoxy) is 2. The first kappa shape index (κ1) is 17.1. The molecular weight excluding hydrogens is 366 g/mol. The highest BCUT2D eigenvalue weighted by Crippen LogP contribution is 2.22. The van der Waals surface area contributed by atoms with Crippen LogP contribution in [0.2, 0.25) is 0 Å². The summed E-state index contributed by atoms with van der Waals surface area (Å²) in [6.45, 7) is 0. The van der Waals surface area contributed by atoms with Crippen LogP contribution in [-0.2, 0) is 9.53 Å². The van der Waals surface area contributed by atoms with Crippen molar-refractivity contribution in [2.45, 2.75) is 12.5 Å². The fourth-order valence-corrected chi connectivity index (χ4v) is 2.31. The van der Waals surface area contributed by atoms with Crippen LogP contribution in [0.5, 0.6) is 5.75 Å². The van der Waals surface area contributed by atoms with Crippen molar-refractivity contribution in [3.63, 3.8) is 0 Å². The highest BCUT2D eigenvalue weighted by molar-refractivity contribution is 9.10. The Morgan fingerprint density at radius 2 is 1.87 bits per heavy atom. The number of esters is 1. The van der Waals surface area contributed by atoms with Gasteiger partial charge in [0, 0.05) is 0 Å². The molecule has 122 valence electrons. The van der Waals surface area contributed by atoms with Gasteiger partial charge in [0.05, 0.1) is 26.7 Å². The average Bonchev–Trinajstić information content (AvgIpc) is 3.00. The van der Waals surface area contributed by atoms with E-state index in [4.69, 9.17) is 13.9 Å². The van der Waals surface area contributed by atoms with E-state index in [1.54, 1.807) is 43.5 Å². The summed E-state index contributed by atoms with van der Waals surface area (Å²) in [4.78, 5) is 23.8. The van der Waals surface area contributed by atoms with Gasteiger partial charge >= 0.3 is 5.97 Å². The van der Waals surface area contributed by atoms with Gasteiger partial charge in [-0.1, -0.05) is 12.1 Å². The van der Waals surface area contributed by atoms with E-state index in [-0.39, 0.29) is 12.2 Å². The number of carbonyl (C=O) groups is 2. The minimum absolute atomic E-state index is 0.0104. The minimum atomic E-state index is -0.537. The van der Waals surface area contributed by atoms with Crippen LogP contribution in [0.25, 0.3) is 0 Å². The fourth-order valence-electron chi connectivity index (χ4n) is 2.00. The summed E-state index contributed by atoms with van der Waals surface area (Å²) in [5.74, 6) is -0.000670. The molecule has 0 fully saturated rings. The van der Waals surface area contributed by atoms with Gasteiger partial charge in [0.2, 0.25) is 0 Å². The Bertz CT molecular complexity index is 680. The van der Waals surface area contributed by atoms with Crippen molar-refractivity contribution < 1.29 is 23.5 Å². The third-order valence-corrected chi connectivity index (χ3v) is 3.65. The molecule has 0 aliphatic rings. The first-order chi connectivity index (χ1) is 11.0. The van der Waals surface area contributed by atoms with Gasteiger partial charge in [-0.2, -0.15) is 0 Å². The molecule has 1 atom stereocenters. The number of hydrogen-bond acceptors (Lipinski definition) is 5. The lowest BCUT2D eigenvalue weighted by Crippen LogP contribution is -2.30. The van der Waals surface area contributed by atoms with E-state index in [0.717, 1.165) is 5.56 Å². The number of halogens is 1. The quantitative estimate of drug-likeness (QED) is 0.777. The Morgan fingerprint density at radius 3 is 2.39 bits per heavy atom. The number of hydrogen-bond donors (Lipinski definition) is 1. The van der Waals surface area contributed by atoms with E-state index in [0.29, 0.717) is 10.4 Å². The SMILES string of the molecule is COC(=O)CC(NC(=O)c1ccc(Br)o1)c1ccc(OC)cc1. The minimum Gasteiger partial charge on any atom is -0.497 e. The van der Waals surface area contributed by atoms with Crippen LogP contribution >= 0.6 is 15.9 Å². The summed E-state index contributed by atoms with van der Waals surface area (Å²) in [6, 6.07) is 9.71. The van der Waals surface area contributed by atoms with E-state index in [1.807, 2.05) is 0 Å². The van der Waals surface area contributed by atoms with Crippen molar-refractivity contribution in [3.05, 3.63) is 52.4 Å². The molecule has 1 amide bonds. The third-order valence-electron chi connectivity index (χ3n) is 3.22. The van der Waals surface area contributed by atoms with Gasteiger partial charge in [-0.15, -0.1) is 0 Å². The Morgan fingerprint density at radius 1 is 1.17 bits per heavy atom. The van der Waals surface area contributed by atoms with Crippen LogP contribution < -0.4 is 10.1 Å². The topological polar surface area (TPSA) is 77.8 Å². The van der Waals surface area contributed by atoms with Crippen molar-refractivity contribution in [1.82, 2.24) is 5.32 Å². The van der Waals surface area contributed by atoms with Crippen molar-refractivity contribution in [2.24, 2.45) is 0 Å². The molecule has 0 bridgehead atoms. The van der Waals surface area contributed by atoms with Crippen molar-refractivity contribution in [1.29, 1.82) is 0 Å². The second-order valence-corrected chi connectivity index (χ2v) is 5.46. The number of rotatable bonds is 6. The molecule has 1 aromatic heterocycles. The van der Waals surface area contributed by atoms with E-state index in [1.165, 1.54) is 7.11 Å². The highest BCUT2D eigenvalue weighted by atomic mass is 79.9. The van der Waals surface area contributed by atoms with Gasteiger partial charge in [0.15, 0.2) is 10.4 Å². The number of benzene rings is 1. The Labute approximate surface area is 141 Å². The molecule has 0 aliphatic heterocycles. The van der Waals surface area contributed by atoms with Crippen LogP contribution in [0.15, 0.2) is 45.5 Å². The van der Waals surface area contributed by atoms with Gasteiger partial charge < -0.3 is 19.2 Å². The molecule has 0 saturated heterocycles. The third kappa shape index (κ3) is 4.59. The van der Waals surface area contributed by atoms with E-state index < -0.39 is 17.9 Å². The van der Waals surface area contributed by atoms with Gasteiger partial charge in [-0.25, -0.2) is 0 Å². The molecule has 7 heteroatoms. The molecule has 1 unspecified atom stereocenters. The first-order valence-corrected chi connectivity index (χ1v) is 7.59. The maximum Gasteiger partial charge on any atom is 0.307 e. The van der Waals surface area contributed by atoms with Gasteiger partial charge in [0.25, 0.3) is 5.91 Å². The van der Waals surface area contributed by atoms with E-state index in [2.05, 4.69) is 21.2 Å². The van der Waals surface area contributed by atoms with Crippen LogP contribution in [-0.4, -0.2) is 26.1 Å². The smallest absolute Gasteiger partial charge is 0.307 e. The predicted octanol–water partition coefficient (Wildman–Crippen LogP) is 3.08. The lowest BCUT2D eigenvalue weighted by molar-refractivity contribution is -0.141. The number of amides is 1. The molecule has 0 spiro atoms. The number of nitrogens with one attached hydrogen (secondary N) is 1. The summed E-state index contributed by atoms with van der Waals surface area (Å²) in [7, 11) is 2.87. The standard InChI is InChI=1S/C16H16BrNO5/c1-21-11-5-3-10(4-6-11)12(9-15(19)22-2)18-16(20)13-7-8-14(17)23-13/h3-8,12H,9H2,1-2H3,(H,18,20). The van der Waals surface area contributed by atoms with Gasteiger partial charge in [0.1, 0.15) is 5.75 Å². The number of methoxy groups -OCH3 is 2. The first-order valence-electron chi connectivity index (χ1n) is 6.80. The summed E-state index contributed by atoms with van der Waals surface area (Å²) >= 11 is 3.14. The van der Waals surface area contributed by atoms with Crippen molar-refractivity contribution in [3.8, 4) is 5.75 Å². The predicted molar refractivity (Wildman–Crippen MR) is 86.2 cm³/mol. The van der Waals surface area contributed by atoms with Crippen LogP contribution in [0.4, 0.5) is 0 Å². The lowest BCUT2D eigenvalue weighted by atomic mass is 10.0. The molecule has 2 aromatic rings. The molecule has 0 saturated carbocycles. The van der Waals surface area contributed by atoms with Crippen molar-refractivity contribution in [2.75, 3.05) is 14.2 Å². The normalized spacial score (nSPS) is 11.6. The summed E-state index contributed by atoms with van der Waals surface area (Å²) in [6.07, 6.45) is 0.0104. The summed E-state index contributed by atoms with van der Waals surface area (Å²) < 4.78 is 15.5. The summed E-state index contributed by atoms with van der Waals surface area (Å²) in [5, 5.41) is 2.77. The zero-order valence-electron chi connectivity index (χ0n) is 12.7. The van der Waals surface area contributed by atoms with Gasteiger partial charge in [-0.05, 0) is 45.8 Å². The Kier molecular flexibility index (Phi) is 5.81. The largest absolute Gasteiger partial charge is 0.497 e. The molecular formula is C16H16BrNO5. The van der Waals surface area contributed by atoms with Crippen molar-refractivity contribution >= 4 is 27.8 Å². The molecule has 1 N–H and O–H groups in total. The zero-order valence-corrected chi connectivity index (χ0v) is 14.3. The zero-order chi connectivity index (χ0) is 16.8. The molecule has 1 aromatic carbocycles.